The fourth-order valence-corrected chi connectivity index (χ4v) is 2.44. The Morgan fingerprint density at radius 3 is 2.24 bits per heavy atom. The first-order chi connectivity index (χ1) is 10.3. The van der Waals surface area contributed by atoms with E-state index in [2.05, 4.69) is 61.5 Å². The molecule has 2 aromatic carbocycles. The average molecular weight is 280 g/mol. The van der Waals surface area contributed by atoms with Crippen molar-refractivity contribution in [2.75, 3.05) is 7.11 Å². The van der Waals surface area contributed by atoms with E-state index in [-0.39, 0.29) is 0 Å². The molecular formula is C20H24O. The average Bonchev–Trinajstić information content (AvgIpc) is 2.56. The quantitative estimate of drug-likeness (QED) is 0.475. The zero-order valence-corrected chi connectivity index (χ0v) is 13.0. The van der Waals surface area contributed by atoms with Gasteiger partial charge in [-0.1, -0.05) is 74.4 Å². The van der Waals surface area contributed by atoms with Gasteiger partial charge in [0.1, 0.15) is 5.75 Å². The number of unbranched alkanes of at least 4 members (excludes halogenated alkanes) is 2. The van der Waals surface area contributed by atoms with Crippen molar-refractivity contribution < 1.29 is 4.74 Å². The Morgan fingerprint density at radius 2 is 1.62 bits per heavy atom. The van der Waals surface area contributed by atoms with E-state index in [1.165, 1.54) is 24.0 Å². The highest BCUT2D eigenvalue weighted by Crippen LogP contribution is 2.27. The molecule has 0 saturated carbocycles. The maximum atomic E-state index is 5.25. The van der Waals surface area contributed by atoms with Gasteiger partial charge in [-0.3, -0.25) is 0 Å². The highest BCUT2D eigenvalue weighted by atomic mass is 16.5. The van der Waals surface area contributed by atoms with Gasteiger partial charge in [0.05, 0.1) is 7.11 Å². The highest BCUT2D eigenvalue weighted by Gasteiger charge is 2.10. The van der Waals surface area contributed by atoms with Crippen molar-refractivity contribution in [3.8, 4) is 5.75 Å². The van der Waals surface area contributed by atoms with E-state index in [4.69, 9.17) is 4.74 Å². The van der Waals surface area contributed by atoms with E-state index in [1.807, 2.05) is 12.1 Å². The second kappa shape index (κ2) is 8.31. The summed E-state index contributed by atoms with van der Waals surface area (Å²) in [6, 6.07) is 19.0. The van der Waals surface area contributed by atoms with Crippen LogP contribution in [0, 0.1) is 0 Å². The van der Waals surface area contributed by atoms with Gasteiger partial charge in [0.2, 0.25) is 0 Å². The fourth-order valence-electron chi connectivity index (χ4n) is 2.44. The first kappa shape index (κ1) is 15.4. The molecule has 1 nitrogen and oxygen atoms in total. The molecule has 21 heavy (non-hydrogen) atoms. The Hall–Kier alpha value is -2.02. The Morgan fingerprint density at radius 1 is 0.952 bits per heavy atom. The summed E-state index contributed by atoms with van der Waals surface area (Å²) in [6.07, 6.45) is 8.28. The van der Waals surface area contributed by atoms with Gasteiger partial charge in [0.15, 0.2) is 0 Å². The largest absolute Gasteiger partial charge is 0.497 e. The van der Waals surface area contributed by atoms with Crippen molar-refractivity contribution in [3.63, 3.8) is 0 Å². The number of hydrogen-bond donors (Lipinski definition) is 0. The molecule has 110 valence electrons. The molecule has 0 heterocycles. The lowest BCUT2D eigenvalue weighted by Crippen LogP contribution is -1.98. The second-order valence-corrected chi connectivity index (χ2v) is 5.23. The fraction of sp³-hybridized carbons (Fsp3) is 0.300. The zero-order valence-electron chi connectivity index (χ0n) is 13.0. The molecular weight excluding hydrogens is 256 g/mol. The van der Waals surface area contributed by atoms with Crippen LogP contribution in [0.5, 0.6) is 5.75 Å². The summed E-state index contributed by atoms with van der Waals surface area (Å²) in [7, 11) is 1.70. The minimum absolute atomic E-state index is 0.314. The van der Waals surface area contributed by atoms with Crippen molar-refractivity contribution in [2.24, 2.45) is 0 Å². The summed E-state index contributed by atoms with van der Waals surface area (Å²) < 4.78 is 5.25. The lowest BCUT2D eigenvalue weighted by molar-refractivity contribution is 0.414. The van der Waals surface area contributed by atoms with E-state index in [1.54, 1.807) is 7.11 Å². The number of methoxy groups -OCH3 is 1. The molecule has 1 atom stereocenters. The summed E-state index contributed by atoms with van der Waals surface area (Å²) in [5, 5.41) is 0. The third kappa shape index (κ3) is 4.49. The number of benzene rings is 2. The van der Waals surface area contributed by atoms with E-state index >= 15 is 0 Å². The van der Waals surface area contributed by atoms with E-state index in [0.717, 1.165) is 12.2 Å². The smallest absolute Gasteiger partial charge is 0.118 e. The molecule has 0 aliphatic carbocycles. The van der Waals surface area contributed by atoms with Crippen LogP contribution in [-0.4, -0.2) is 7.11 Å². The number of allylic oxidation sites excluding steroid dienone is 2. The molecule has 0 amide bonds. The number of rotatable bonds is 7. The minimum Gasteiger partial charge on any atom is -0.497 e. The molecule has 0 unspecified atom stereocenters. The van der Waals surface area contributed by atoms with Gasteiger partial charge in [-0.15, -0.1) is 0 Å². The summed E-state index contributed by atoms with van der Waals surface area (Å²) in [6.45, 7) is 2.23. The Kier molecular flexibility index (Phi) is 6.08. The van der Waals surface area contributed by atoms with Gasteiger partial charge < -0.3 is 4.74 Å². The van der Waals surface area contributed by atoms with Gasteiger partial charge >= 0.3 is 0 Å². The first-order valence-corrected chi connectivity index (χ1v) is 7.70. The van der Waals surface area contributed by atoms with Crippen LogP contribution >= 0.6 is 0 Å². The number of ether oxygens (including phenoxy) is 1. The first-order valence-electron chi connectivity index (χ1n) is 7.70. The SMILES string of the molecule is CCCC/C=C/[C@@H](c1ccccc1)c1ccc(OC)cc1. The third-order valence-electron chi connectivity index (χ3n) is 3.69. The van der Waals surface area contributed by atoms with Crippen LogP contribution in [-0.2, 0) is 0 Å². The molecule has 2 aromatic rings. The van der Waals surface area contributed by atoms with E-state index in [9.17, 15) is 0 Å². The van der Waals surface area contributed by atoms with Crippen LogP contribution in [0.3, 0.4) is 0 Å². The molecule has 0 radical (unpaired) electrons. The lowest BCUT2D eigenvalue weighted by Gasteiger charge is -2.14. The molecule has 0 saturated heterocycles. The van der Waals surface area contributed by atoms with Gasteiger partial charge in [0, 0.05) is 5.92 Å². The monoisotopic (exact) mass is 280 g/mol. The molecule has 0 aliphatic heterocycles. The highest BCUT2D eigenvalue weighted by molar-refractivity contribution is 5.39. The van der Waals surface area contributed by atoms with Crippen LogP contribution in [0.25, 0.3) is 0 Å². The van der Waals surface area contributed by atoms with Crippen molar-refractivity contribution in [3.05, 3.63) is 77.9 Å². The molecule has 2 rings (SSSR count). The van der Waals surface area contributed by atoms with Gasteiger partial charge in [-0.2, -0.15) is 0 Å². The number of hydrogen-bond acceptors (Lipinski definition) is 1. The van der Waals surface area contributed by atoms with Gasteiger partial charge in [-0.05, 0) is 29.7 Å². The van der Waals surface area contributed by atoms with Crippen molar-refractivity contribution in [2.45, 2.75) is 32.1 Å². The van der Waals surface area contributed by atoms with Crippen LogP contribution < -0.4 is 4.74 Å². The Labute approximate surface area is 128 Å². The molecule has 0 N–H and O–H groups in total. The maximum Gasteiger partial charge on any atom is 0.118 e. The molecule has 0 aromatic heterocycles. The summed E-state index contributed by atoms with van der Waals surface area (Å²) in [4.78, 5) is 0. The molecule has 0 spiro atoms. The third-order valence-corrected chi connectivity index (χ3v) is 3.69. The van der Waals surface area contributed by atoms with Crippen molar-refractivity contribution in [1.82, 2.24) is 0 Å². The van der Waals surface area contributed by atoms with E-state index in [0.29, 0.717) is 5.92 Å². The Bertz CT molecular complexity index is 540. The predicted molar refractivity (Wildman–Crippen MR) is 89.9 cm³/mol. The summed E-state index contributed by atoms with van der Waals surface area (Å²) in [5.74, 6) is 1.22. The minimum atomic E-state index is 0.314. The lowest BCUT2D eigenvalue weighted by atomic mass is 9.90. The van der Waals surface area contributed by atoms with Crippen LogP contribution in [0.4, 0.5) is 0 Å². The van der Waals surface area contributed by atoms with Crippen LogP contribution in [0.1, 0.15) is 43.2 Å². The standard InChI is InChI=1S/C20H24O/c1-3-4-5-9-12-20(17-10-7-6-8-11-17)18-13-15-19(21-2)16-14-18/h6-16,20H,3-5H2,1-2H3/b12-9+/t20-/m0/s1. The van der Waals surface area contributed by atoms with Gasteiger partial charge in [0.25, 0.3) is 0 Å². The normalized spacial score (nSPS) is 12.5. The molecule has 0 aliphatic rings. The Balaban J connectivity index is 2.24. The second-order valence-electron chi connectivity index (χ2n) is 5.23. The topological polar surface area (TPSA) is 9.23 Å². The summed E-state index contributed by atoms with van der Waals surface area (Å²) in [5.41, 5.74) is 2.63. The van der Waals surface area contributed by atoms with Crippen molar-refractivity contribution in [1.29, 1.82) is 0 Å². The van der Waals surface area contributed by atoms with Gasteiger partial charge in [-0.25, -0.2) is 0 Å². The zero-order chi connectivity index (χ0) is 14.9. The summed E-state index contributed by atoms with van der Waals surface area (Å²) >= 11 is 0. The van der Waals surface area contributed by atoms with E-state index < -0.39 is 0 Å². The van der Waals surface area contributed by atoms with Crippen LogP contribution in [0.15, 0.2) is 66.7 Å². The molecule has 1 heteroatoms. The van der Waals surface area contributed by atoms with Crippen LogP contribution in [0.2, 0.25) is 0 Å². The predicted octanol–water partition coefficient (Wildman–Crippen LogP) is 5.57. The molecule has 0 fully saturated rings. The molecule has 0 bridgehead atoms. The van der Waals surface area contributed by atoms with Crippen molar-refractivity contribution >= 4 is 0 Å². The maximum absolute atomic E-state index is 5.25.